The Morgan fingerprint density at radius 2 is 1.90 bits per heavy atom. The molecule has 0 radical (unpaired) electrons. The van der Waals surface area contributed by atoms with Crippen LogP contribution in [0.25, 0.3) is 0 Å². The summed E-state index contributed by atoms with van der Waals surface area (Å²) in [4.78, 5) is 13.6. The Balaban J connectivity index is 1.75. The number of carbonyl (C=O) groups is 1. The number of hydrogen-bond acceptors (Lipinski definition) is 2. The minimum atomic E-state index is -0.604. The lowest BCUT2D eigenvalue weighted by atomic mass is 9.72. The summed E-state index contributed by atoms with van der Waals surface area (Å²) >= 11 is 3.54. The number of anilines is 1. The molecular weight excluding hydrogens is 318 g/mol. The summed E-state index contributed by atoms with van der Waals surface area (Å²) in [5.41, 5.74) is 2.52. The molecule has 1 aromatic carbocycles. The second kappa shape index (κ2) is 5.40. The van der Waals surface area contributed by atoms with Crippen molar-refractivity contribution in [2.75, 3.05) is 18.0 Å². The first-order valence-electron chi connectivity index (χ1n) is 7.27. The van der Waals surface area contributed by atoms with E-state index in [9.17, 15) is 9.90 Å². The van der Waals surface area contributed by atoms with Crippen molar-refractivity contribution in [3.05, 3.63) is 28.2 Å². The molecule has 1 saturated heterocycles. The first-order valence-corrected chi connectivity index (χ1v) is 8.06. The number of carboxylic acids is 1. The van der Waals surface area contributed by atoms with Gasteiger partial charge in [0.1, 0.15) is 0 Å². The van der Waals surface area contributed by atoms with Gasteiger partial charge in [0.25, 0.3) is 0 Å². The predicted molar refractivity (Wildman–Crippen MR) is 83.0 cm³/mol. The maximum Gasteiger partial charge on any atom is 0.306 e. The van der Waals surface area contributed by atoms with E-state index in [0.29, 0.717) is 11.8 Å². The molecule has 1 aliphatic carbocycles. The van der Waals surface area contributed by atoms with Gasteiger partial charge in [-0.05, 0) is 61.8 Å². The van der Waals surface area contributed by atoms with Gasteiger partial charge in [-0.15, -0.1) is 0 Å². The van der Waals surface area contributed by atoms with Crippen LogP contribution in [0, 0.1) is 24.7 Å². The number of aryl methyl sites for hydroxylation is 1. The van der Waals surface area contributed by atoms with Gasteiger partial charge in [0.05, 0.1) is 5.92 Å². The van der Waals surface area contributed by atoms with Crippen LogP contribution in [-0.4, -0.2) is 24.2 Å². The van der Waals surface area contributed by atoms with Crippen LogP contribution in [-0.2, 0) is 4.79 Å². The van der Waals surface area contributed by atoms with Crippen LogP contribution in [0.1, 0.15) is 24.8 Å². The molecule has 1 heterocycles. The average Bonchev–Trinajstić information content (AvgIpc) is 2.40. The lowest BCUT2D eigenvalue weighted by Crippen LogP contribution is -2.45. The maximum atomic E-state index is 11.2. The van der Waals surface area contributed by atoms with Gasteiger partial charge in [0, 0.05) is 23.2 Å². The highest BCUT2D eigenvalue weighted by atomic mass is 79.9. The average molecular weight is 338 g/mol. The summed E-state index contributed by atoms with van der Waals surface area (Å²) in [5, 5.41) is 9.22. The van der Waals surface area contributed by atoms with Crippen LogP contribution in [0.3, 0.4) is 0 Å². The van der Waals surface area contributed by atoms with Crippen molar-refractivity contribution < 1.29 is 9.90 Å². The fourth-order valence-corrected chi connectivity index (χ4v) is 4.05. The number of benzene rings is 1. The van der Waals surface area contributed by atoms with Crippen molar-refractivity contribution >= 4 is 27.6 Å². The fourth-order valence-electron chi connectivity index (χ4n) is 3.80. The van der Waals surface area contributed by atoms with Crippen molar-refractivity contribution in [2.45, 2.75) is 26.2 Å². The summed E-state index contributed by atoms with van der Waals surface area (Å²) in [5.74, 6) is 0.347. The van der Waals surface area contributed by atoms with Gasteiger partial charge in [-0.3, -0.25) is 4.79 Å². The number of piperidine rings is 1. The van der Waals surface area contributed by atoms with Gasteiger partial charge in [-0.25, -0.2) is 0 Å². The van der Waals surface area contributed by atoms with E-state index in [2.05, 4.69) is 46.0 Å². The molecule has 1 aliphatic heterocycles. The predicted octanol–water partition coefficient (Wildman–Crippen LogP) is 3.69. The van der Waals surface area contributed by atoms with Gasteiger partial charge in [-0.2, -0.15) is 0 Å². The third kappa shape index (κ3) is 2.71. The van der Waals surface area contributed by atoms with Crippen LogP contribution < -0.4 is 4.90 Å². The van der Waals surface area contributed by atoms with Gasteiger partial charge >= 0.3 is 5.97 Å². The number of carboxylic acid groups (broad SMARTS) is 1. The van der Waals surface area contributed by atoms with Crippen LogP contribution in [0.15, 0.2) is 22.7 Å². The zero-order valence-electron chi connectivity index (χ0n) is 11.7. The molecule has 3 rings (SSSR count). The molecule has 1 saturated carbocycles. The Labute approximate surface area is 128 Å². The van der Waals surface area contributed by atoms with Crippen molar-refractivity contribution in [2.24, 2.45) is 17.8 Å². The van der Waals surface area contributed by atoms with Crippen molar-refractivity contribution in [3.63, 3.8) is 0 Å². The summed E-state index contributed by atoms with van der Waals surface area (Å²) in [6.07, 6.45) is 2.89. The fraction of sp³-hybridized carbons (Fsp3) is 0.562. The molecule has 2 fully saturated rings. The smallest absolute Gasteiger partial charge is 0.306 e. The Kier molecular flexibility index (Phi) is 3.76. The zero-order valence-corrected chi connectivity index (χ0v) is 13.3. The molecule has 0 spiro atoms. The second-order valence-corrected chi connectivity index (χ2v) is 7.17. The molecule has 4 heteroatoms. The number of nitrogens with zero attached hydrogens (tertiary/aromatic N) is 1. The molecule has 0 aromatic heterocycles. The SMILES string of the molecule is Cc1cc(N2CC3CC(CC(C(=O)O)C3)C2)ccc1Br. The van der Waals surface area contributed by atoms with E-state index in [1.54, 1.807) is 0 Å². The molecule has 1 aromatic rings. The van der Waals surface area contributed by atoms with E-state index in [1.165, 1.54) is 17.7 Å². The first kappa shape index (κ1) is 13.9. The van der Waals surface area contributed by atoms with Crippen molar-refractivity contribution in [1.29, 1.82) is 0 Å². The van der Waals surface area contributed by atoms with E-state index in [1.807, 2.05) is 0 Å². The number of rotatable bonds is 2. The zero-order chi connectivity index (χ0) is 14.3. The minimum absolute atomic E-state index is 0.118. The topological polar surface area (TPSA) is 40.5 Å². The Bertz CT molecular complexity index is 517. The molecular formula is C16H20BrNO2. The third-order valence-corrected chi connectivity index (χ3v) is 5.61. The second-order valence-electron chi connectivity index (χ2n) is 6.31. The van der Waals surface area contributed by atoms with E-state index in [4.69, 9.17) is 0 Å². The summed E-state index contributed by atoms with van der Waals surface area (Å²) in [6, 6.07) is 6.49. The monoisotopic (exact) mass is 337 g/mol. The lowest BCUT2D eigenvalue weighted by molar-refractivity contribution is -0.144. The molecule has 1 N–H and O–H groups in total. The normalized spacial score (nSPS) is 29.3. The maximum absolute atomic E-state index is 11.2. The summed E-state index contributed by atoms with van der Waals surface area (Å²) in [6.45, 7) is 4.11. The molecule has 2 atom stereocenters. The Hall–Kier alpha value is -1.03. The highest BCUT2D eigenvalue weighted by molar-refractivity contribution is 9.10. The van der Waals surface area contributed by atoms with Gasteiger partial charge < -0.3 is 10.0 Å². The van der Waals surface area contributed by atoms with Gasteiger partial charge in [-0.1, -0.05) is 15.9 Å². The van der Waals surface area contributed by atoms with E-state index < -0.39 is 5.97 Å². The first-order chi connectivity index (χ1) is 9.52. The molecule has 20 heavy (non-hydrogen) atoms. The van der Waals surface area contributed by atoms with Crippen LogP contribution in [0.4, 0.5) is 5.69 Å². The minimum Gasteiger partial charge on any atom is -0.481 e. The van der Waals surface area contributed by atoms with E-state index >= 15 is 0 Å². The number of fused-ring (bicyclic) bond motifs is 2. The van der Waals surface area contributed by atoms with E-state index in [-0.39, 0.29) is 5.92 Å². The Morgan fingerprint density at radius 1 is 1.25 bits per heavy atom. The summed E-state index contributed by atoms with van der Waals surface area (Å²) < 4.78 is 1.14. The highest BCUT2D eigenvalue weighted by Crippen LogP contribution is 2.39. The largest absolute Gasteiger partial charge is 0.481 e. The number of hydrogen-bond donors (Lipinski definition) is 1. The molecule has 0 amide bonds. The highest BCUT2D eigenvalue weighted by Gasteiger charge is 2.37. The molecule has 2 unspecified atom stereocenters. The molecule has 108 valence electrons. The quantitative estimate of drug-likeness (QED) is 0.894. The van der Waals surface area contributed by atoms with Crippen LogP contribution >= 0.6 is 15.9 Å². The van der Waals surface area contributed by atoms with E-state index in [0.717, 1.165) is 30.4 Å². The summed E-state index contributed by atoms with van der Waals surface area (Å²) in [7, 11) is 0. The number of aliphatic carboxylic acids is 1. The standard InChI is InChI=1S/C16H20BrNO2/c1-10-4-14(2-3-15(10)17)18-8-11-5-12(9-18)7-13(6-11)16(19)20/h2-4,11-13H,5-9H2,1H3,(H,19,20). The molecule has 2 bridgehead atoms. The van der Waals surface area contributed by atoms with Gasteiger partial charge in [0.15, 0.2) is 0 Å². The van der Waals surface area contributed by atoms with Crippen LogP contribution in [0.2, 0.25) is 0 Å². The van der Waals surface area contributed by atoms with Gasteiger partial charge in [0.2, 0.25) is 0 Å². The van der Waals surface area contributed by atoms with Crippen molar-refractivity contribution in [3.8, 4) is 0 Å². The number of halogens is 1. The van der Waals surface area contributed by atoms with Crippen molar-refractivity contribution in [1.82, 2.24) is 0 Å². The third-order valence-electron chi connectivity index (χ3n) is 4.72. The molecule has 2 aliphatic rings. The lowest BCUT2D eigenvalue weighted by Gasteiger charge is -2.44. The van der Waals surface area contributed by atoms with Crippen LogP contribution in [0.5, 0.6) is 0 Å². The Morgan fingerprint density at radius 3 is 2.45 bits per heavy atom. The molecule has 3 nitrogen and oxygen atoms in total.